The highest BCUT2D eigenvalue weighted by atomic mass is 15.0. The van der Waals surface area contributed by atoms with E-state index >= 15 is 0 Å². The number of nitrogens with one attached hydrogen (secondary N) is 3. The van der Waals surface area contributed by atoms with Gasteiger partial charge in [-0.25, -0.2) is 0 Å². The Kier molecular flexibility index (Phi) is 3.12. The summed E-state index contributed by atoms with van der Waals surface area (Å²) in [6.07, 6.45) is 3.98. The first-order valence-electron chi connectivity index (χ1n) is 4.60. The summed E-state index contributed by atoms with van der Waals surface area (Å²) in [4.78, 5) is 3.07. The Morgan fingerprint density at radius 3 is 2.46 bits per heavy atom. The van der Waals surface area contributed by atoms with Crippen LogP contribution < -0.4 is 10.6 Å². The summed E-state index contributed by atoms with van der Waals surface area (Å²) < 4.78 is 0. The van der Waals surface area contributed by atoms with Crippen LogP contribution in [-0.4, -0.2) is 24.6 Å². The number of aromatic amines is 1. The molecule has 0 saturated heterocycles. The highest BCUT2D eigenvalue weighted by Gasteiger charge is 2.27. The number of rotatable bonds is 4. The minimum Gasteiger partial charge on any atom is -0.367 e. The van der Waals surface area contributed by atoms with Crippen LogP contribution in [0.1, 0.15) is 25.5 Å². The van der Waals surface area contributed by atoms with Gasteiger partial charge in [-0.2, -0.15) is 0 Å². The van der Waals surface area contributed by atoms with Crippen molar-refractivity contribution < 1.29 is 0 Å². The fourth-order valence-corrected chi connectivity index (χ4v) is 1.60. The minimum atomic E-state index is 0.0525. The van der Waals surface area contributed by atoms with Crippen LogP contribution in [0.15, 0.2) is 18.5 Å². The molecule has 0 spiro atoms. The number of hydrogen-bond acceptors (Lipinski definition) is 2. The summed E-state index contributed by atoms with van der Waals surface area (Å²) in [6, 6.07) is 2.42. The van der Waals surface area contributed by atoms with Crippen LogP contribution in [0.5, 0.6) is 0 Å². The lowest BCUT2D eigenvalue weighted by Gasteiger charge is -2.33. The molecule has 1 unspecified atom stereocenters. The van der Waals surface area contributed by atoms with Gasteiger partial charge in [0, 0.05) is 17.9 Å². The third kappa shape index (κ3) is 2.11. The van der Waals surface area contributed by atoms with Crippen molar-refractivity contribution in [3.8, 4) is 0 Å². The molecule has 0 amide bonds. The van der Waals surface area contributed by atoms with Gasteiger partial charge in [0.25, 0.3) is 0 Å². The Hall–Kier alpha value is -0.800. The van der Waals surface area contributed by atoms with Gasteiger partial charge in [0.2, 0.25) is 0 Å². The Morgan fingerprint density at radius 2 is 2.08 bits per heavy atom. The molecular formula is C10H19N3. The molecule has 3 heteroatoms. The summed E-state index contributed by atoms with van der Waals surface area (Å²) in [6.45, 7) is 4.36. The van der Waals surface area contributed by atoms with Gasteiger partial charge < -0.3 is 15.6 Å². The summed E-state index contributed by atoms with van der Waals surface area (Å²) >= 11 is 0. The third-order valence-corrected chi connectivity index (χ3v) is 2.61. The van der Waals surface area contributed by atoms with E-state index in [-0.39, 0.29) is 5.54 Å². The highest BCUT2D eigenvalue weighted by Crippen LogP contribution is 2.24. The predicted octanol–water partition coefficient (Wildman–Crippen LogP) is 1.27. The van der Waals surface area contributed by atoms with E-state index in [1.54, 1.807) is 0 Å². The van der Waals surface area contributed by atoms with Crippen LogP contribution >= 0.6 is 0 Å². The molecule has 1 aromatic rings. The van der Waals surface area contributed by atoms with Crippen molar-refractivity contribution in [1.29, 1.82) is 0 Å². The molecule has 0 bridgehead atoms. The number of H-pyrrole nitrogens is 1. The first-order chi connectivity index (χ1) is 6.11. The molecule has 3 nitrogen and oxygen atoms in total. The fraction of sp³-hybridized carbons (Fsp3) is 0.600. The van der Waals surface area contributed by atoms with E-state index in [1.807, 2.05) is 26.5 Å². The molecule has 0 saturated carbocycles. The average Bonchev–Trinajstić information content (AvgIpc) is 2.58. The normalized spacial score (nSPS) is 14.5. The second-order valence-electron chi connectivity index (χ2n) is 3.84. The van der Waals surface area contributed by atoms with Gasteiger partial charge in [-0.05, 0) is 39.6 Å². The molecule has 0 aliphatic heterocycles. The van der Waals surface area contributed by atoms with Crippen LogP contribution in [0.2, 0.25) is 0 Å². The molecule has 1 heterocycles. The molecule has 74 valence electrons. The van der Waals surface area contributed by atoms with Crippen LogP contribution in [0, 0.1) is 0 Å². The van der Waals surface area contributed by atoms with E-state index in [1.165, 1.54) is 5.56 Å². The zero-order valence-electron chi connectivity index (χ0n) is 8.81. The summed E-state index contributed by atoms with van der Waals surface area (Å²) in [7, 11) is 3.97. The standard InChI is InChI=1S/C10H19N3/c1-10(2,12-4)9(11-3)8-5-6-13-7-8/h5-7,9,11-13H,1-4H3. The van der Waals surface area contributed by atoms with Crippen molar-refractivity contribution in [1.82, 2.24) is 15.6 Å². The van der Waals surface area contributed by atoms with Gasteiger partial charge in [0.05, 0.1) is 6.04 Å². The fourth-order valence-electron chi connectivity index (χ4n) is 1.60. The van der Waals surface area contributed by atoms with Crippen LogP contribution in [0.3, 0.4) is 0 Å². The summed E-state index contributed by atoms with van der Waals surface area (Å²) in [5, 5.41) is 6.62. The molecule has 1 aromatic heterocycles. The van der Waals surface area contributed by atoms with Gasteiger partial charge in [0.15, 0.2) is 0 Å². The second kappa shape index (κ2) is 3.94. The summed E-state index contributed by atoms with van der Waals surface area (Å²) in [5.74, 6) is 0. The zero-order valence-corrected chi connectivity index (χ0v) is 8.81. The molecule has 0 fully saturated rings. The third-order valence-electron chi connectivity index (χ3n) is 2.61. The van der Waals surface area contributed by atoms with Gasteiger partial charge >= 0.3 is 0 Å². The number of aromatic nitrogens is 1. The number of hydrogen-bond donors (Lipinski definition) is 3. The first kappa shape index (κ1) is 10.3. The van der Waals surface area contributed by atoms with E-state index in [0.717, 1.165) is 0 Å². The predicted molar refractivity (Wildman–Crippen MR) is 55.7 cm³/mol. The van der Waals surface area contributed by atoms with Crippen molar-refractivity contribution in [3.63, 3.8) is 0 Å². The topological polar surface area (TPSA) is 39.9 Å². The van der Waals surface area contributed by atoms with Crippen molar-refractivity contribution in [2.24, 2.45) is 0 Å². The van der Waals surface area contributed by atoms with E-state index in [0.29, 0.717) is 6.04 Å². The number of likely N-dealkylation sites (N-methyl/N-ethyl adjacent to an activating group) is 2. The Morgan fingerprint density at radius 1 is 1.38 bits per heavy atom. The lowest BCUT2D eigenvalue weighted by molar-refractivity contribution is 0.311. The van der Waals surface area contributed by atoms with Crippen molar-refractivity contribution in [3.05, 3.63) is 24.0 Å². The van der Waals surface area contributed by atoms with Crippen molar-refractivity contribution >= 4 is 0 Å². The van der Waals surface area contributed by atoms with Gasteiger partial charge in [-0.3, -0.25) is 0 Å². The molecule has 3 N–H and O–H groups in total. The van der Waals surface area contributed by atoms with Gasteiger partial charge in [0.1, 0.15) is 0 Å². The largest absolute Gasteiger partial charge is 0.367 e. The van der Waals surface area contributed by atoms with Crippen molar-refractivity contribution in [2.45, 2.75) is 25.4 Å². The van der Waals surface area contributed by atoms with E-state index in [2.05, 4.69) is 35.5 Å². The van der Waals surface area contributed by atoms with Gasteiger partial charge in [-0.1, -0.05) is 0 Å². The lowest BCUT2D eigenvalue weighted by atomic mass is 9.90. The lowest BCUT2D eigenvalue weighted by Crippen LogP contribution is -2.47. The average molecular weight is 181 g/mol. The van der Waals surface area contributed by atoms with Crippen LogP contribution in [-0.2, 0) is 0 Å². The molecule has 1 atom stereocenters. The Balaban J connectivity index is 2.86. The first-order valence-corrected chi connectivity index (χ1v) is 4.60. The molecule has 0 aliphatic rings. The molecule has 0 aromatic carbocycles. The SMILES string of the molecule is CNC(c1cc[nH]c1)C(C)(C)NC. The quantitative estimate of drug-likeness (QED) is 0.654. The second-order valence-corrected chi connectivity index (χ2v) is 3.84. The Labute approximate surface area is 79.9 Å². The maximum Gasteiger partial charge on any atom is 0.0512 e. The van der Waals surface area contributed by atoms with Crippen LogP contribution in [0.25, 0.3) is 0 Å². The smallest absolute Gasteiger partial charge is 0.0512 e. The maximum atomic E-state index is 3.31. The molecule has 0 radical (unpaired) electrons. The van der Waals surface area contributed by atoms with E-state index in [9.17, 15) is 0 Å². The molecule has 13 heavy (non-hydrogen) atoms. The highest BCUT2D eigenvalue weighted by molar-refractivity contribution is 5.18. The molecule has 0 aliphatic carbocycles. The van der Waals surface area contributed by atoms with Crippen molar-refractivity contribution in [2.75, 3.05) is 14.1 Å². The molecule has 1 rings (SSSR count). The summed E-state index contributed by atoms with van der Waals surface area (Å²) in [5.41, 5.74) is 1.33. The molecular weight excluding hydrogens is 162 g/mol. The monoisotopic (exact) mass is 181 g/mol. The zero-order chi connectivity index (χ0) is 9.90. The van der Waals surface area contributed by atoms with E-state index < -0.39 is 0 Å². The Bertz CT molecular complexity index is 239. The van der Waals surface area contributed by atoms with Crippen LogP contribution in [0.4, 0.5) is 0 Å². The minimum absolute atomic E-state index is 0.0525. The maximum absolute atomic E-state index is 3.31. The van der Waals surface area contributed by atoms with E-state index in [4.69, 9.17) is 0 Å². The van der Waals surface area contributed by atoms with Gasteiger partial charge in [-0.15, -0.1) is 0 Å².